The summed E-state index contributed by atoms with van der Waals surface area (Å²) >= 11 is 0. The van der Waals surface area contributed by atoms with Gasteiger partial charge >= 0.3 is 0 Å². The van der Waals surface area contributed by atoms with Gasteiger partial charge in [0.2, 0.25) is 11.8 Å². The van der Waals surface area contributed by atoms with E-state index in [1.807, 2.05) is 74.5 Å². The van der Waals surface area contributed by atoms with Gasteiger partial charge < -0.3 is 10.1 Å². The Morgan fingerprint density at radius 2 is 1.70 bits per heavy atom. The topological polar surface area (TPSA) is 68.3 Å². The largest absolute Gasteiger partial charge is 0.473 e. The van der Waals surface area contributed by atoms with Gasteiger partial charge in [-0.25, -0.2) is 4.98 Å². The quantitative estimate of drug-likeness (QED) is 0.533. The molecule has 0 unspecified atom stereocenters. The third-order valence-corrected chi connectivity index (χ3v) is 4.93. The Hall–Kier alpha value is -3.47. The lowest BCUT2D eigenvalue weighted by Crippen LogP contribution is -2.23. The summed E-state index contributed by atoms with van der Waals surface area (Å²) < 4.78 is 5.72. The van der Waals surface area contributed by atoms with Crippen LogP contribution in [0.25, 0.3) is 0 Å². The molecule has 154 valence electrons. The van der Waals surface area contributed by atoms with Gasteiger partial charge in [-0.2, -0.15) is 0 Å². The van der Waals surface area contributed by atoms with Crippen molar-refractivity contribution in [2.24, 2.45) is 0 Å². The minimum absolute atomic E-state index is 0.0197. The first-order valence-corrected chi connectivity index (χ1v) is 10.00. The van der Waals surface area contributed by atoms with E-state index in [2.05, 4.69) is 10.3 Å². The molecule has 5 heteroatoms. The maximum Gasteiger partial charge on any atom is 0.220 e. The van der Waals surface area contributed by atoms with E-state index in [1.165, 1.54) is 0 Å². The molecule has 2 aromatic carbocycles. The van der Waals surface area contributed by atoms with Gasteiger partial charge in [-0.1, -0.05) is 42.5 Å². The first-order chi connectivity index (χ1) is 14.5. The monoisotopic (exact) mass is 402 g/mol. The molecule has 0 saturated heterocycles. The highest BCUT2D eigenvalue weighted by Crippen LogP contribution is 2.14. The maximum absolute atomic E-state index is 12.3. The lowest BCUT2D eigenvalue weighted by Gasteiger charge is -2.09. The number of benzene rings is 2. The van der Waals surface area contributed by atoms with E-state index < -0.39 is 0 Å². The molecule has 0 atom stereocenters. The Bertz CT molecular complexity index is 1020. The number of rotatable bonds is 9. The highest BCUT2D eigenvalue weighted by Gasteiger charge is 2.10. The van der Waals surface area contributed by atoms with Crippen LogP contribution in [0.15, 0.2) is 66.9 Å². The molecule has 0 saturated carbocycles. The van der Waals surface area contributed by atoms with Gasteiger partial charge in [0.15, 0.2) is 5.78 Å². The van der Waals surface area contributed by atoms with Crippen molar-refractivity contribution in [1.29, 1.82) is 0 Å². The van der Waals surface area contributed by atoms with Crippen LogP contribution in [0.1, 0.15) is 45.5 Å². The molecule has 5 nitrogen and oxygen atoms in total. The highest BCUT2D eigenvalue weighted by atomic mass is 16.5. The molecule has 1 aromatic heterocycles. The summed E-state index contributed by atoms with van der Waals surface area (Å²) in [7, 11) is 0. The van der Waals surface area contributed by atoms with E-state index in [-0.39, 0.29) is 24.5 Å². The van der Waals surface area contributed by atoms with Crippen molar-refractivity contribution >= 4 is 11.7 Å². The van der Waals surface area contributed by atoms with Gasteiger partial charge in [0.05, 0.1) is 0 Å². The minimum atomic E-state index is -0.157. The fourth-order valence-electron chi connectivity index (χ4n) is 2.95. The average Bonchev–Trinajstić information content (AvgIpc) is 2.77. The number of hydrogen-bond donors (Lipinski definition) is 1. The lowest BCUT2D eigenvalue weighted by atomic mass is 10.0. The van der Waals surface area contributed by atoms with Crippen molar-refractivity contribution in [1.82, 2.24) is 10.3 Å². The van der Waals surface area contributed by atoms with Crippen LogP contribution >= 0.6 is 0 Å². The van der Waals surface area contributed by atoms with E-state index in [9.17, 15) is 9.59 Å². The molecule has 0 spiro atoms. The zero-order valence-electron chi connectivity index (χ0n) is 17.4. The number of Topliss-reactive ketones (excluding diaryl/α,β-unsaturated/α-hetero) is 1. The summed E-state index contributed by atoms with van der Waals surface area (Å²) in [6.07, 6.45) is 2.01. The van der Waals surface area contributed by atoms with Crippen LogP contribution in [0.2, 0.25) is 0 Å². The summed E-state index contributed by atoms with van der Waals surface area (Å²) in [5.41, 5.74) is 4.83. The molecule has 3 aromatic rings. The molecule has 0 aliphatic carbocycles. The van der Waals surface area contributed by atoms with E-state index in [0.29, 0.717) is 24.6 Å². The van der Waals surface area contributed by atoms with E-state index >= 15 is 0 Å². The van der Waals surface area contributed by atoms with E-state index in [0.717, 1.165) is 22.3 Å². The van der Waals surface area contributed by atoms with Crippen LogP contribution in [0.4, 0.5) is 0 Å². The number of pyridine rings is 1. The number of aryl methyl sites for hydroxylation is 2. The van der Waals surface area contributed by atoms with Gasteiger partial charge in [0, 0.05) is 37.2 Å². The normalized spacial score (nSPS) is 10.5. The second-order valence-electron chi connectivity index (χ2n) is 7.28. The molecule has 0 aliphatic rings. The third-order valence-electron chi connectivity index (χ3n) is 4.93. The number of hydrogen-bond acceptors (Lipinski definition) is 4. The summed E-state index contributed by atoms with van der Waals surface area (Å²) in [5, 5.41) is 2.85. The Morgan fingerprint density at radius 3 is 2.47 bits per heavy atom. The molecule has 1 N–H and O–H groups in total. The fraction of sp³-hybridized carbons (Fsp3) is 0.240. The summed E-state index contributed by atoms with van der Waals surface area (Å²) in [4.78, 5) is 28.7. The molecule has 0 aliphatic heterocycles. The molecule has 1 amide bonds. The fourth-order valence-corrected chi connectivity index (χ4v) is 2.95. The molecule has 0 bridgehead atoms. The van der Waals surface area contributed by atoms with E-state index in [1.54, 1.807) is 6.20 Å². The predicted octanol–water partition coefficient (Wildman–Crippen LogP) is 4.56. The van der Waals surface area contributed by atoms with Gasteiger partial charge in [-0.05, 0) is 48.2 Å². The van der Waals surface area contributed by atoms with Crippen LogP contribution in [-0.2, 0) is 17.9 Å². The number of ketones is 1. The number of carbonyl (C=O) groups excluding carboxylic acids is 2. The smallest absolute Gasteiger partial charge is 0.220 e. The summed E-state index contributed by atoms with van der Waals surface area (Å²) in [6.45, 7) is 4.78. The van der Waals surface area contributed by atoms with Crippen LogP contribution in [0.5, 0.6) is 5.88 Å². The number of amides is 1. The Balaban J connectivity index is 1.45. The molecular weight excluding hydrogens is 376 g/mol. The van der Waals surface area contributed by atoms with Crippen molar-refractivity contribution in [2.45, 2.75) is 39.8 Å². The molecular formula is C25H26N2O3. The number of ether oxygens (including phenoxy) is 1. The van der Waals surface area contributed by atoms with Gasteiger partial charge in [0.25, 0.3) is 0 Å². The van der Waals surface area contributed by atoms with Crippen LogP contribution in [-0.4, -0.2) is 16.7 Å². The minimum Gasteiger partial charge on any atom is -0.473 e. The van der Waals surface area contributed by atoms with Gasteiger partial charge in [-0.3, -0.25) is 9.59 Å². The number of nitrogens with one attached hydrogen (secondary N) is 1. The zero-order chi connectivity index (χ0) is 21.3. The Kier molecular flexibility index (Phi) is 7.33. The standard InChI is InChI=1S/C25H26N2O3/c1-18-8-9-22(14-19(18)2)23(28)10-11-24(29)27-16-21-12-13-26-25(15-21)30-17-20-6-4-3-5-7-20/h3-9,12-15H,10-11,16-17H2,1-2H3,(H,27,29). The second kappa shape index (κ2) is 10.3. The first-order valence-electron chi connectivity index (χ1n) is 10.00. The first kappa shape index (κ1) is 21.2. The van der Waals surface area contributed by atoms with Crippen molar-refractivity contribution in [3.63, 3.8) is 0 Å². The molecule has 30 heavy (non-hydrogen) atoms. The number of nitrogens with zero attached hydrogens (tertiary/aromatic N) is 1. The highest BCUT2D eigenvalue weighted by molar-refractivity contribution is 5.98. The average molecular weight is 402 g/mol. The third kappa shape index (κ3) is 6.27. The predicted molar refractivity (Wildman–Crippen MR) is 116 cm³/mol. The SMILES string of the molecule is Cc1ccc(C(=O)CCC(=O)NCc2ccnc(OCc3ccccc3)c2)cc1C. The van der Waals surface area contributed by atoms with Crippen LogP contribution < -0.4 is 10.1 Å². The van der Waals surface area contributed by atoms with Crippen molar-refractivity contribution in [3.8, 4) is 5.88 Å². The van der Waals surface area contributed by atoms with Crippen LogP contribution in [0.3, 0.4) is 0 Å². The molecule has 1 heterocycles. The Morgan fingerprint density at radius 1 is 0.900 bits per heavy atom. The van der Waals surface area contributed by atoms with E-state index in [4.69, 9.17) is 4.74 Å². The van der Waals surface area contributed by atoms with Crippen molar-refractivity contribution < 1.29 is 14.3 Å². The zero-order valence-corrected chi connectivity index (χ0v) is 17.4. The van der Waals surface area contributed by atoms with Gasteiger partial charge in [-0.15, -0.1) is 0 Å². The molecule has 0 fully saturated rings. The summed E-state index contributed by atoms with van der Waals surface area (Å²) in [6, 6.07) is 19.1. The number of aromatic nitrogens is 1. The lowest BCUT2D eigenvalue weighted by molar-refractivity contribution is -0.121. The van der Waals surface area contributed by atoms with Crippen LogP contribution in [0, 0.1) is 13.8 Å². The number of carbonyl (C=O) groups is 2. The Labute approximate surface area is 177 Å². The maximum atomic E-state index is 12.3. The van der Waals surface area contributed by atoms with Crippen molar-refractivity contribution in [2.75, 3.05) is 0 Å². The second-order valence-corrected chi connectivity index (χ2v) is 7.28. The summed E-state index contributed by atoms with van der Waals surface area (Å²) in [5.74, 6) is 0.333. The molecule has 0 radical (unpaired) electrons. The van der Waals surface area contributed by atoms with Crippen molar-refractivity contribution in [3.05, 3.63) is 94.7 Å². The molecule has 3 rings (SSSR count). The van der Waals surface area contributed by atoms with Gasteiger partial charge in [0.1, 0.15) is 6.61 Å².